The van der Waals surface area contributed by atoms with E-state index >= 15 is 0 Å². The summed E-state index contributed by atoms with van der Waals surface area (Å²) in [6.07, 6.45) is 6.31. The highest BCUT2D eigenvalue weighted by molar-refractivity contribution is 4.84. The van der Waals surface area contributed by atoms with E-state index < -0.39 is 0 Å². The summed E-state index contributed by atoms with van der Waals surface area (Å²) >= 11 is 0. The van der Waals surface area contributed by atoms with E-state index in [-0.39, 0.29) is 12.6 Å². The zero-order valence-electron chi connectivity index (χ0n) is 4.80. The summed E-state index contributed by atoms with van der Waals surface area (Å²) in [5.41, 5.74) is 5.31. The summed E-state index contributed by atoms with van der Waals surface area (Å²) in [6.45, 7) is 0.0294. The van der Waals surface area contributed by atoms with Gasteiger partial charge in [0.25, 0.3) is 0 Å². The highest BCUT2D eigenvalue weighted by atomic mass is 16.3. The van der Waals surface area contributed by atoms with Crippen molar-refractivity contribution in [3.8, 4) is 12.3 Å². The number of nitrogens with two attached hydrogens (primary N) is 1. The maximum atomic E-state index is 8.37. The number of rotatable bonds is 3. The minimum Gasteiger partial charge on any atom is -0.395 e. The molecule has 0 aromatic carbocycles. The first-order valence-corrected chi connectivity index (χ1v) is 2.61. The van der Waals surface area contributed by atoms with Crippen LogP contribution in [0.2, 0.25) is 0 Å². The van der Waals surface area contributed by atoms with E-state index in [1.54, 1.807) is 0 Å². The van der Waals surface area contributed by atoms with Crippen molar-refractivity contribution >= 4 is 0 Å². The number of aliphatic hydroxyl groups excluding tert-OH is 1. The van der Waals surface area contributed by atoms with Crippen LogP contribution >= 0.6 is 0 Å². The van der Waals surface area contributed by atoms with Gasteiger partial charge in [0.05, 0.1) is 6.61 Å². The van der Waals surface area contributed by atoms with E-state index in [2.05, 4.69) is 5.92 Å². The predicted octanol–water partition coefficient (Wildman–Crippen LogP) is -0.281. The van der Waals surface area contributed by atoms with E-state index in [1.807, 2.05) is 0 Å². The summed E-state index contributed by atoms with van der Waals surface area (Å²) in [6, 6.07) is -0.133. The minimum atomic E-state index is -0.133. The Morgan fingerprint density at radius 3 is 2.75 bits per heavy atom. The minimum absolute atomic E-state index is 0.0294. The van der Waals surface area contributed by atoms with Crippen LogP contribution in [0, 0.1) is 12.3 Å². The van der Waals surface area contributed by atoms with Crippen molar-refractivity contribution < 1.29 is 5.11 Å². The van der Waals surface area contributed by atoms with Gasteiger partial charge >= 0.3 is 0 Å². The van der Waals surface area contributed by atoms with Gasteiger partial charge in [-0.25, -0.2) is 0 Å². The lowest BCUT2D eigenvalue weighted by molar-refractivity contribution is 0.261. The molecule has 3 N–H and O–H groups in total. The fourth-order valence-corrected chi connectivity index (χ4v) is 0.360. The molecule has 0 bridgehead atoms. The van der Waals surface area contributed by atoms with Crippen molar-refractivity contribution in [2.45, 2.75) is 18.9 Å². The third-order valence-electron chi connectivity index (χ3n) is 0.894. The maximum Gasteiger partial charge on any atom is 0.0582 e. The molecule has 0 radical (unpaired) electrons. The number of hydrogen-bond acceptors (Lipinski definition) is 2. The Morgan fingerprint density at radius 1 is 1.75 bits per heavy atom. The molecule has 0 saturated carbocycles. The van der Waals surface area contributed by atoms with E-state index in [0.29, 0.717) is 12.8 Å². The topological polar surface area (TPSA) is 46.2 Å². The van der Waals surface area contributed by atoms with E-state index in [0.717, 1.165) is 0 Å². The molecule has 0 heterocycles. The highest BCUT2D eigenvalue weighted by Gasteiger charge is 1.95. The third-order valence-corrected chi connectivity index (χ3v) is 0.894. The Labute approximate surface area is 49.7 Å². The van der Waals surface area contributed by atoms with Gasteiger partial charge in [-0.2, -0.15) is 0 Å². The van der Waals surface area contributed by atoms with E-state index in [4.69, 9.17) is 17.3 Å². The van der Waals surface area contributed by atoms with Crippen LogP contribution in [0.3, 0.4) is 0 Å². The lowest BCUT2D eigenvalue weighted by Crippen LogP contribution is -2.23. The van der Waals surface area contributed by atoms with Gasteiger partial charge < -0.3 is 10.8 Å². The molecule has 0 spiro atoms. The Hall–Kier alpha value is -0.520. The first kappa shape index (κ1) is 7.48. The lowest BCUT2D eigenvalue weighted by Gasteiger charge is -2.02. The predicted molar refractivity (Wildman–Crippen MR) is 33.1 cm³/mol. The largest absolute Gasteiger partial charge is 0.395 e. The summed E-state index contributed by atoms with van der Waals surface area (Å²) in [5, 5.41) is 8.37. The van der Waals surface area contributed by atoms with Crippen LogP contribution in [0.5, 0.6) is 0 Å². The fourth-order valence-electron chi connectivity index (χ4n) is 0.360. The smallest absolute Gasteiger partial charge is 0.0582 e. The molecular weight excluding hydrogens is 102 g/mol. The summed E-state index contributed by atoms with van der Waals surface area (Å²) in [7, 11) is 0. The Morgan fingerprint density at radius 2 is 2.38 bits per heavy atom. The molecule has 2 heteroatoms. The number of aliphatic hydroxyl groups is 1. The van der Waals surface area contributed by atoms with Gasteiger partial charge in [-0.05, 0) is 6.42 Å². The van der Waals surface area contributed by atoms with Crippen LogP contribution in [0.15, 0.2) is 0 Å². The molecule has 0 aliphatic carbocycles. The van der Waals surface area contributed by atoms with Crippen molar-refractivity contribution in [1.82, 2.24) is 0 Å². The summed E-state index contributed by atoms with van der Waals surface area (Å²) in [4.78, 5) is 0. The number of hydrogen-bond donors (Lipinski definition) is 2. The molecule has 0 amide bonds. The van der Waals surface area contributed by atoms with Crippen molar-refractivity contribution in [3.63, 3.8) is 0 Å². The van der Waals surface area contributed by atoms with Crippen molar-refractivity contribution in [2.24, 2.45) is 5.73 Å². The summed E-state index contributed by atoms with van der Waals surface area (Å²) < 4.78 is 0. The average molecular weight is 113 g/mol. The molecule has 0 fully saturated rings. The van der Waals surface area contributed by atoms with Crippen molar-refractivity contribution in [1.29, 1.82) is 0 Å². The third kappa shape index (κ3) is 3.66. The zero-order valence-corrected chi connectivity index (χ0v) is 4.80. The molecule has 0 aliphatic rings. The Kier molecular flexibility index (Phi) is 4.33. The Balaban J connectivity index is 3.01. The monoisotopic (exact) mass is 113 g/mol. The average Bonchev–Trinajstić information content (AvgIpc) is 1.83. The van der Waals surface area contributed by atoms with Crippen LogP contribution < -0.4 is 5.73 Å². The maximum absolute atomic E-state index is 8.37. The van der Waals surface area contributed by atoms with Gasteiger partial charge in [0.15, 0.2) is 0 Å². The van der Waals surface area contributed by atoms with Crippen LogP contribution in [0.4, 0.5) is 0 Å². The van der Waals surface area contributed by atoms with Gasteiger partial charge in [0.1, 0.15) is 0 Å². The first-order chi connectivity index (χ1) is 3.81. The molecule has 0 aromatic rings. The SMILES string of the molecule is C#CCC[C@@H](N)CO. The zero-order chi connectivity index (χ0) is 6.41. The Bertz CT molecular complexity index is 85.0. The molecule has 1 atom stereocenters. The molecule has 0 aromatic heterocycles. The lowest BCUT2D eigenvalue weighted by atomic mass is 10.2. The molecular formula is C6H11NO. The van der Waals surface area contributed by atoms with Gasteiger partial charge in [-0.1, -0.05) is 0 Å². The van der Waals surface area contributed by atoms with Crippen LogP contribution in [-0.2, 0) is 0 Å². The van der Waals surface area contributed by atoms with Crippen LogP contribution in [-0.4, -0.2) is 17.8 Å². The van der Waals surface area contributed by atoms with E-state index in [9.17, 15) is 0 Å². The van der Waals surface area contributed by atoms with Crippen molar-refractivity contribution in [2.75, 3.05) is 6.61 Å². The first-order valence-electron chi connectivity index (χ1n) is 2.61. The molecule has 46 valence electrons. The molecule has 0 unspecified atom stereocenters. The molecule has 0 rings (SSSR count). The molecule has 2 nitrogen and oxygen atoms in total. The van der Waals surface area contributed by atoms with Crippen LogP contribution in [0.25, 0.3) is 0 Å². The number of terminal acetylenes is 1. The van der Waals surface area contributed by atoms with E-state index in [1.165, 1.54) is 0 Å². The van der Waals surface area contributed by atoms with Gasteiger partial charge in [0, 0.05) is 12.5 Å². The normalized spacial score (nSPS) is 12.6. The second kappa shape index (κ2) is 4.63. The van der Waals surface area contributed by atoms with Crippen LogP contribution in [0.1, 0.15) is 12.8 Å². The summed E-state index contributed by atoms with van der Waals surface area (Å²) in [5.74, 6) is 2.44. The second-order valence-corrected chi connectivity index (χ2v) is 1.69. The standard InChI is InChI=1S/C6H11NO/c1-2-3-4-6(7)5-8/h1,6,8H,3-5,7H2/t6-/m1/s1. The fraction of sp³-hybridized carbons (Fsp3) is 0.667. The van der Waals surface area contributed by atoms with Gasteiger partial charge in [-0.3, -0.25) is 0 Å². The molecule has 0 aliphatic heterocycles. The van der Waals surface area contributed by atoms with Gasteiger partial charge in [0.2, 0.25) is 0 Å². The molecule has 0 saturated heterocycles. The van der Waals surface area contributed by atoms with Gasteiger partial charge in [-0.15, -0.1) is 12.3 Å². The highest BCUT2D eigenvalue weighted by Crippen LogP contribution is 1.89. The van der Waals surface area contributed by atoms with Crippen molar-refractivity contribution in [3.05, 3.63) is 0 Å². The second-order valence-electron chi connectivity index (χ2n) is 1.69. The quantitative estimate of drug-likeness (QED) is 0.494. The molecule has 8 heavy (non-hydrogen) atoms.